The molecule has 0 aromatic heterocycles. The highest BCUT2D eigenvalue weighted by molar-refractivity contribution is 6.26. The van der Waals surface area contributed by atoms with E-state index in [-0.39, 0.29) is 6.29 Å². The fourth-order valence-electron chi connectivity index (χ4n) is 1.31. The number of isocyanates is 1. The van der Waals surface area contributed by atoms with Gasteiger partial charge in [-0.15, -0.1) is 0 Å². The Morgan fingerprint density at radius 3 is 2.59 bits per heavy atom. The Bertz CT molecular complexity index is 204. The number of rotatable bonds is 12. The van der Waals surface area contributed by atoms with Crippen LogP contribution in [0.3, 0.4) is 0 Å². The van der Waals surface area contributed by atoms with E-state index < -0.39 is 9.76 Å². The molecule has 0 heterocycles. The molecule has 0 aliphatic heterocycles. The van der Waals surface area contributed by atoms with Crippen molar-refractivity contribution >= 4 is 15.8 Å². The maximum absolute atomic E-state index is 9.80. The fraction of sp³-hybridized carbons (Fsp3) is 0.909. The highest BCUT2D eigenvalue weighted by Gasteiger charge is 2.06. The van der Waals surface area contributed by atoms with Crippen molar-refractivity contribution in [3.8, 4) is 0 Å². The van der Waals surface area contributed by atoms with Crippen molar-refractivity contribution < 1.29 is 18.7 Å². The summed E-state index contributed by atoms with van der Waals surface area (Å²) in [6.07, 6.45) is 3.09. The molecule has 6 heteroatoms. The maximum Gasteiger partial charge on any atom is 0.234 e. The zero-order chi connectivity index (χ0) is 12.8. The van der Waals surface area contributed by atoms with E-state index in [1.54, 1.807) is 0 Å². The van der Waals surface area contributed by atoms with Crippen LogP contribution in [0.4, 0.5) is 0 Å². The summed E-state index contributed by atoms with van der Waals surface area (Å²) in [5, 5.41) is 0. The van der Waals surface area contributed by atoms with E-state index >= 15 is 0 Å². The van der Waals surface area contributed by atoms with Gasteiger partial charge in [0.15, 0.2) is 16.1 Å². The molecule has 0 atom stereocenters. The van der Waals surface area contributed by atoms with Crippen LogP contribution >= 0.6 is 0 Å². The quantitative estimate of drug-likeness (QED) is 0.173. The van der Waals surface area contributed by atoms with Crippen LogP contribution in [0.1, 0.15) is 26.7 Å². The molecule has 0 N–H and O–H groups in total. The summed E-state index contributed by atoms with van der Waals surface area (Å²) < 4.78 is 16.4. The molecule has 0 fully saturated rings. The van der Waals surface area contributed by atoms with Gasteiger partial charge in [0.05, 0.1) is 6.54 Å². The lowest BCUT2D eigenvalue weighted by atomic mass is 10.4. The first-order chi connectivity index (χ1) is 8.35. The number of ether oxygens (including phenoxy) is 2. The highest BCUT2D eigenvalue weighted by Crippen LogP contribution is 2.01. The molecule has 100 valence electrons. The van der Waals surface area contributed by atoms with Gasteiger partial charge in [-0.05, 0) is 26.3 Å². The summed E-state index contributed by atoms with van der Waals surface area (Å²) in [6, 6.07) is 1.04. The lowest BCUT2D eigenvalue weighted by Crippen LogP contribution is -2.20. The van der Waals surface area contributed by atoms with E-state index in [0.717, 1.165) is 18.9 Å². The van der Waals surface area contributed by atoms with Crippen LogP contribution in [0.2, 0.25) is 6.04 Å². The van der Waals surface area contributed by atoms with Crippen molar-refractivity contribution in [1.29, 1.82) is 0 Å². The van der Waals surface area contributed by atoms with E-state index in [4.69, 9.17) is 13.9 Å². The Labute approximate surface area is 105 Å². The number of carbonyl (C=O) groups excluding carboxylic acids is 1. The molecule has 0 aliphatic carbocycles. The molecule has 0 unspecified atom stereocenters. The summed E-state index contributed by atoms with van der Waals surface area (Å²) in [7, 11) is -0.488. The van der Waals surface area contributed by atoms with Gasteiger partial charge in [0.1, 0.15) is 0 Å². The van der Waals surface area contributed by atoms with Crippen LogP contribution in [-0.4, -0.2) is 48.5 Å². The number of hydrogen-bond acceptors (Lipinski definition) is 5. The SMILES string of the molecule is CCOC(CCO[SiH2]CCCN=C=O)OCC. The summed E-state index contributed by atoms with van der Waals surface area (Å²) in [6.45, 7) is 6.48. The zero-order valence-electron chi connectivity index (χ0n) is 10.8. The monoisotopic (exact) mass is 261 g/mol. The van der Waals surface area contributed by atoms with E-state index in [1.165, 1.54) is 6.08 Å². The molecule has 0 aromatic carbocycles. The second kappa shape index (κ2) is 13.5. The first-order valence-electron chi connectivity index (χ1n) is 6.19. The minimum absolute atomic E-state index is 0.140. The van der Waals surface area contributed by atoms with Gasteiger partial charge in [-0.1, -0.05) is 0 Å². The minimum atomic E-state index is -0.488. The van der Waals surface area contributed by atoms with Crippen LogP contribution in [0.15, 0.2) is 4.99 Å². The zero-order valence-corrected chi connectivity index (χ0v) is 12.2. The normalized spacial score (nSPS) is 11.2. The third-order valence-electron chi connectivity index (χ3n) is 2.08. The number of hydrogen-bond donors (Lipinski definition) is 0. The van der Waals surface area contributed by atoms with Crippen molar-refractivity contribution in [3.05, 3.63) is 0 Å². The second-order valence-corrected chi connectivity index (χ2v) is 4.95. The topological polar surface area (TPSA) is 57.1 Å². The predicted octanol–water partition coefficient (Wildman–Crippen LogP) is 1.02. The van der Waals surface area contributed by atoms with Gasteiger partial charge in [-0.3, -0.25) is 0 Å². The van der Waals surface area contributed by atoms with Crippen molar-refractivity contribution in [3.63, 3.8) is 0 Å². The smallest absolute Gasteiger partial charge is 0.234 e. The highest BCUT2D eigenvalue weighted by atomic mass is 28.2. The summed E-state index contributed by atoms with van der Waals surface area (Å²) >= 11 is 0. The van der Waals surface area contributed by atoms with Crippen molar-refractivity contribution in [2.45, 2.75) is 39.0 Å². The van der Waals surface area contributed by atoms with Crippen LogP contribution in [-0.2, 0) is 18.7 Å². The van der Waals surface area contributed by atoms with Crippen molar-refractivity contribution in [2.75, 3.05) is 26.4 Å². The summed E-state index contributed by atoms with van der Waals surface area (Å²) in [5.41, 5.74) is 0. The molecule has 0 amide bonds. The average molecular weight is 261 g/mol. The van der Waals surface area contributed by atoms with E-state index in [1.807, 2.05) is 13.8 Å². The molecule has 0 aliphatic rings. The Hall–Kier alpha value is -0.523. The minimum Gasteiger partial charge on any atom is -0.424 e. The standard InChI is InChI=1S/C11H23NO4Si/c1-3-14-11(15-4-2)6-8-16-17-9-5-7-12-10-13/h11H,3-9,17H2,1-2H3. The third kappa shape index (κ3) is 11.7. The number of aliphatic imine (C=N–C) groups is 1. The predicted molar refractivity (Wildman–Crippen MR) is 68.6 cm³/mol. The van der Waals surface area contributed by atoms with E-state index in [9.17, 15) is 4.79 Å². The van der Waals surface area contributed by atoms with Gasteiger partial charge >= 0.3 is 0 Å². The molecule has 0 bridgehead atoms. The third-order valence-corrected chi connectivity index (χ3v) is 3.44. The van der Waals surface area contributed by atoms with Gasteiger partial charge in [-0.25, -0.2) is 9.79 Å². The average Bonchev–Trinajstić information content (AvgIpc) is 2.33. The Morgan fingerprint density at radius 2 is 2.00 bits per heavy atom. The van der Waals surface area contributed by atoms with Crippen LogP contribution in [0, 0.1) is 0 Å². The Kier molecular flexibility index (Phi) is 13.1. The van der Waals surface area contributed by atoms with Gasteiger partial charge in [-0.2, -0.15) is 0 Å². The lowest BCUT2D eigenvalue weighted by molar-refractivity contribution is -0.142. The van der Waals surface area contributed by atoms with Gasteiger partial charge < -0.3 is 13.9 Å². The molecule has 0 saturated carbocycles. The Balaban J connectivity index is 3.31. The summed E-state index contributed by atoms with van der Waals surface area (Å²) in [4.78, 5) is 13.3. The van der Waals surface area contributed by atoms with Crippen LogP contribution in [0.25, 0.3) is 0 Å². The van der Waals surface area contributed by atoms with Gasteiger partial charge in [0.2, 0.25) is 6.08 Å². The lowest BCUT2D eigenvalue weighted by Gasteiger charge is -2.16. The molecule has 0 aromatic rings. The first kappa shape index (κ1) is 16.5. The van der Waals surface area contributed by atoms with Crippen LogP contribution < -0.4 is 0 Å². The van der Waals surface area contributed by atoms with Crippen molar-refractivity contribution in [2.24, 2.45) is 4.99 Å². The van der Waals surface area contributed by atoms with E-state index in [2.05, 4.69) is 4.99 Å². The summed E-state index contributed by atoms with van der Waals surface area (Å²) in [5.74, 6) is 0. The molecular weight excluding hydrogens is 238 g/mol. The largest absolute Gasteiger partial charge is 0.424 e. The fourth-order valence-corrected chi connectivity index (χ4v) is 2.31. The number of nitrogens with zero attached hydrogens (tertiary/aromatic N) is 1. The maximum atomic E-state index is 9.80. The molecule has 0 rings (SSSR count). The van der Waals surface area contributed by atoms with Gasteiger partial charge in [0, 0.05) is 26.2 Å². The molecular formula is C11H23NO4Si. The van der Waals surface area contributed by atoms with E-state index in [0.29, 0.717) is 26.4 Å². The molecule has 0 spiro atoms. The molecule has 0 saturated heterocycles. The van der Waals surface area contributed by atoms with Gasteiger partial charge in [0.25, 0.3) is 0 Å². The Morgan fingerprint density at radius 1 is 1.29 bits per heavy atom. The first-order valence-corrected chi connectivity index (χ1v) is 7.77. The second-order valence-electron chi connectivity index (χ2n) is 3.42. The van der Waals surface area contributed by atoms with Crippen molar-refractivity contribution in [1.82, 2.24) is 0 Å². The molecule has 5 nitrogen and oxygen atoms in total. The molecule has 17 heavy (non-hydrogen) atoms. The van der Waals surface area contributed by atoms with Crippen LogP contribution in [0.5, 0.6) is 0 Å². The molecule has 0 radical (unpaired) electrons.